The van der Waals surface area contributed by atoms with E-state index < -0.39 is 34.5 Å². The molecule has 198 valence electrons. The van der Waals surface area contributed by atoms with E-state index in [2.05, 4.69) is 5.10 Å². The van der Waals surface area contributed by atoms with E-state index in [9.17, 15) is 18.0 Å². The summed E-state index contributed by atoms with van der Waals surface area (Å²) in [6, 6.07) is 12.1. The van der Waals surface area contributed by atoms with E-state index in [-0.39, 0.29) is 16.4 Å². The second-order valence-electron chi connectivity index (χ2n) is 9.26. The normalized spacial score (nSPS) is 20.4. The van der Waals surface area contributed by atoms with Crippen LogP contribution in [0.3, 0.4) is 0 Å². The van der Waals surface area contributed by atoms with Gasteiger partial charge in [0.15, 0.2) is 6.61 Å². The van der Waals surface area contributed by atoms with Gasteiger partial charge in [0.25, 0.3) is 5.91 Å². The van der Waals surface area contributed by atoms with Crippen molar-refractivity contribution in [3.63, 3.8) is 0 Å². The third kappa shape index (κ3) is 4.94. The zero-order chi connectivity index (χ0) is 26.9. The Labute approximate surface area is 220 Å². The number of amides is 1. The van der Waals surface area contributed by atoms with Crippen LogP contribution < -0.4 is 0 Å². The molecule has 2 atom stereocenters. The van der Waals surface area contributed by atoms with Gasteiger partial charge in [0, 0.05) is 20.0 Å². The molecule has 11 heteroatoms. The summed E-state index contributed by atoms with van der Waals surface area (Å²) in [7, 11) is -0.783. The number of sulfonamides is 1. The van der Waals surface area contributed by atoms with Crippen molar-refractivity contribution in [2.24, 2.45) is 11.0 Å². The third-order valence-corrected chi connectivity index (χ3v) is 8.48. The van der Waals surface area contributed by atoms with Gasteiger partial charge in [-0.25, -0.2) is 22.5 Å². The average Bonchev–Trinajstić information content (AvgIpc) is 3.68. The third-order valence-electron chi connectivity index (χ3n) is 6.65. The number of hydrogen-bond donors (Lipinski definition) is 0. The van der Waals surface area contributed by atoms with Crippen molar-refractivity contribution in [1.29, 1.82) is 0 Å². The highest BCUT2D eigenvalue weighted by atomic mass is 32.2. The van der Waals surface area contributed by atoms with Crippen LogP contribution in [0.15, 0.2) is 85.5 Å². The summed E-state index contributed by atoms with van der Waals surface area (Å²) in [4.78, 5) is 26.0. The van der Waals surface area contributed by atoms with E-state index in [1.807, 2.05) is 24.3 Å². The number of benzene rings is 1. The van der Waals surface area contributed by atoms with Crippen LogP contribution in [0, 0.1) is 5.92 Å². The Balaban J connectivity index is 1.34. The minimum Gasteiger partial charge on any atom is -0.467 e. The predicted molar refractivity (Wildman–Crippen MR) is 137 cm³/mol. The molecule has 1 fully saturated rings. The van der Waals surface area contributed by atoms with Crippen molar-refractivity contribution in [1.82, 2.24) is 9.31 Å². The molecule has 1 aromatic carbocycles. The monoisotopic (exact) mass is 537 g/mol. The number of rotatable bonds is 7. The first kappa shape index (κ1) is 25.7. The van der Waals surface area contributed by atoms with Crippen molar-refractivity contribution in [3.8, 4) is 0 Å². The lowest BCUT2D eigenvalue weighted by atomic mass is 9.79. The van der Waals surface area contributed by atoms with Gasteiger partial charge >= 0.3 is 5.97 Å². The number of hydrogen-bond acceptors (Lipinski definition) is 8. The lowest BCUT2D eigenvalue weighted by Crippen LogP contribution is -2.34. The summed E-state index contributed by atoms with van der Waals surface area (Å²) < 4.78 is 42.0. The molecule has 1 aliphatic heterocycles. The molecular weight excluding hydrogens is 510 g/mol. The lowest BCUT2D eigenvalue weighted by Gasteiger charge is -2.27. The standard InChI is InChI=1S/C27H27N3O7S/c1-29(2)38(33,34)21-12-10-18(11-13-21)27(32)37-17-24(31)30-26(23-9-5-15-36-23)22-8-3-6-19(25(22)28-30)16-20-7-4-14-35-20/h4-5,7,9-16,22,26H,3,6,8,17H2,1-2H3. The molecule has 5 rings (SSSR count). The van der Waals surface area contributed by atoms with E-state index in [1.165, 1.54) is 43.4 Å². The Kier molecular flexibility index (Phi) is 7.04. The molecule has 0 bridgehead atoms. The number of carbonyl (C=O) groups is 2. The molecule has 10 nitrogen and oxygen atoms in total. The minimum atomic E-state index is -3.63. The zero-order valence-corrected chi connectivity index (χ0v) is 21.8. The quantitative estimate of drug-likeness (QED) is 0.416. The van der Waals surface area contributed by atoms with Gasteiger partial charge in [-0.2, -0.15) is 5.10 Å². The highest BCUT2D eigenvalue weighted by Gasteiger charge is 2.45. The summed E-state index contributed by atoms with van der Waals surface area (Å²) in [5, 5.41) is 6.03. The topological polar surface area (TPSA) is 123 Å². The van der Waals surface area contributed by atoms with Gasteiger partial charge in [-0.05, 0) is 79.4 Å². The van der Waals surface area contributed by atoms with Crippen molar-refractivity contribution in [2.75, 3.05) is 20.7 Å². The number of ether oxygens (including phenoxy) is 1. The first-order valence-electron chi connectivity index (χ1n) is 12.1. The molecule has 38 heavy (non-hydrogen) atoms. The molecular formula is C27H27N3O7S. The van der Waals surface area contributed by atoms with Crippen LogP contribution in [0.1, 0.15) is 47.2 Å². The molecule has 3 aromatic rings. The number of carbonyl (C=O) groups excluding carboxylic acids is 2. The van der Waals surface area contributed by atoms with Gasteiger partial charge in [0.1, 0.15) is 17.6 Å². The second kappa shape index (κ2) is 10.4. The largest absolute Gasteiger partial charge is 0.467 e. The molecule has 2 aliphatic rings. The van der Waals surface area contributed by atoms with E-state index in [1.54, 1.807) is 18.6 Å². The summed E-state index contributed by atoms with van der Waals surface area (Å²) in [5.41, 5.74) is 1.92. The van der Waals surface area contributed by atoms with Gasteiger partial charge in [-0.15, -0.1) is 0 Å². The number of fused-ring (bicyclic) bond motifs is 1. The van der Waals surface area contributed by atoms with Crippen molar-refractivity contribution in [3.05, 3.63) is 83.7 Å². The molecule has 0 N–H and O–H groups in total. The SMILES string of the molecule is CN(C)S(=O)(=O)c1ccc(C(=O)OCC(=O)N2N=C3C(=Cc4ccco4)CCCC3C2c2ccco2)cc1. The van der Waals surface area contributed by atoms with Gasteiger partial charge in [0.05, 0.1) is 28.7 Å². The summed E-state index contributed by atoms with van der Waals surface area (Å²) in [6.07, 6.45) is 7.65. The molecule has 2 unspecified atom stereocenters. The number of allylic oxidation sites excluding steroid dienone is 1. The zero-order valence-electron chi connectivity index (χ0n) is 20.9. The van der Waals surface area contributed by atoms with E-state index in [0.29, 0.717) is 11.5 Å². The Hall–Kier alpha value is -3.96. The first-order valence-corrected chi connectivity index (χ1v) is 13.6. The number of esters is 1. The molecule has 1 amide bonds. The molecule has 2 aromatic heterocycles. The number of furan rings is 2. The first-order chi connectivity index (χ1) is 18.3. The van der Waals surface area contributed by atoms with Crippen LogP contribution in [0.5, 0.6) is 0 Å². The Morgan fingerprint density at radius 1 is 1.11 bits per heavy atom. The molecule has 0 radical (unpaired) electrons. The Morgan fingerprint density at radius 2 is 1.84 bits per heavy atom. The maximum atomic E-state index is 13.3. The molecule has 0 saturated heterocycles. The fraction of sp³-hybridized carbons (Fsp3) is 0.296. The van der Waals surface area contributed by atoms with Crippen molar-refractivity contribution < 1.29 is 31.6 Å². The van der Waals surface area contributed by atoms with E-state index in [0.717, 1.165) is 34.9 Å². The van der Waals surface area contributed by atoms with Gasteiger partial charge in [0.2, 0.25) is 10.0 Å². The van der Waals surface area contributed by atoms with Crippen molar-refractivity contribution >= 4 is 33.7 Å². The number of hydrazone groups is 1. The molecule has 0 spiro atoms. The summed E-state index contributed by atoms with van der Waals surface area (Å²) >= 11 is 0. The highest BCUT2D eigenvalue weighted by molar-refractivity contribution is 7.89. The Morgan fingerprint density at radius 3 is 2.50 bits per heavy atom. The van der Waals surface area contributed by atoms with Gasteiger partial charge in [-0.3, -0.25) is 4.79 Å². The number of nitrogens with zero attached hydrogens (tertiary/aromatic N) is 3. The van der Waals surface area contributed by atoms with E-state index >= 15 is 0 Å². The fourth-order valence-corrected chi connectivity index (χ4v) is 5.64. The van der Waals surface area contributed by atoms with Gasteiger partial charge in [-0.1, -0.05) is 0 Å². The smallest absolute Gasteiger partial charge is 0.338 e. The summed E-state index contributed by atoms with van der Waals surface area (Å²) in [5.74, 6) is 0.00324. The van der Waals surface area contributed by atoms with Gasteiger partial charge < -0.3 is 13.6 Å². The molecule has 3 heterocycles. The van der Waals surface area contributed by atoms with Crippen LogP contribution in [0.4, 0.5) is 0 Å². The molecule has 1 aliphatic carbocycles. The van der Waals surface area contributed by atoms with E-state index in [4.69, 9.17) is 13.6 Å². The van der Waals surface area contributed by atoms with Crippen LogP contribution in [0.25, 0.3) is 6.08 Å². The lowest BCUT2D eigenvalue weighted by molar-refractivity contribution is -0.137. The predicted octanol–water partition coefficient (Wildman–Crippen LogP) is 4.10. The Bertz CT molecular complexity index is 1470. The summed E-state index contributed by atoms with van der Waals surface area (Å²) in [6.45, 7) is -0.533. The van der Waals surface area contributed by atoms with Crippen molar-refractivity contribution in [2.45, 2.75) is 30.2 Å². The maximum absolute atomic E-state index is 13.3. The maximum Gasteiger partial charge on any atom is 0.338 e. The van der Waals surface area contributed by atoms with Crippen LogP contribution in [-0.4, -0.2) is 56.0 Å². The highest BCUT2D eigenvalue weighted by Crippen LogP contribution is 2.44. The minimum absolute atomic E-state index is 0.0466. The van der Waals surface area contributed by atoms with Crippen LogP contribution in [-0.2, 0) is 19.6 Å². The second-order valence-corrected chi connectivity index (χ2v) is 11.4. The van der Waals surface area contributed by atoms with Crippen LogP contribution in [0.2, 0.25) is 0 Å². The molecule has 1 saturated carbocycles. The average molecular weight is 538 g/mol. The van der Waals surface area contributed by atoms with Crippen LogP contribution >= 0.6 is 0 Å². The fourth-order valence-electron chi connectivity index (χ4n) is 4.74.